The molecule has 2 aliphatic rings. The van der Waals surface area contributed by atoms with Crippen LogP contribution >= 0.6 is 0 Å². The van der Waals surface area contributed by atoms with Gasteiger partial charge in [-0.1, -0.05) is 45.3 Å². The highest BCUT2D eigenvalue weighted by molar-refractivity contribution is 5.75. The van der Waals surface area contributed by atoms with Gasteiger partial charge in [0.2, 0.25) is 5.91 Å². The molecule has 2 aliphatic carbocycles. The Bertz CT molecular complexity index is 332. The van der Waals surface area contributed by atoms with Crippen molar-refractivity contribution in [2.45, 2.75) is 77.7 Å². The molecule has 0 aliphatic heterocycles. The molecule has 2 rings (SSSR count). The van der Waals surface area contributed by atoms with Crippen LogP contribution in [0.25, 0.3) is 0 Å². The Morgan fingerprint density at radius 1 is 1.18 bits per heavy atom. The average Bonchev–Trinajstić information content (AvgIpc) is 2.48. The summed E-state index contributed by atoms with van der Waals surface area (Å²) >= 11 is 0. The van der Waals surface area contributed by atoms with E-state index in [1.165, 1.54) is 57.8 Å². The predicted molar refractivity (Wildman–Crippen MR) is 94.6 cm³/mol. The van der Waals surface area contributed by atoms with Gasteiger partial charge in [0.15, 0.2) is 0 Å². The Morgan fingerprint density at radius 2 is 1.86 bits per heavy atom. The average molecular weight is 309 g/mol. The number of nitrogens with two attached hydrogens (primary N) is 1. The first-order chi connectivity index (χ1) is 10.5. The van der Waals surface area contributed by atoms with Gasteiger partial charge in [0.25, 0.3) is 0 Å². The van der Waals surface area contributed by atoms with Gasteiger partial charge in [-0.15, -0.1) is 0 Å². The number of primary amides is 1. The minimum Gasteiger partial charge on any atom is -0.369 e. The lowest BCUT2D eigenvalue weighted by molar-refractivity contribution is -0.119. The van der Waals surface area contributed by atoms with Crippen LogP contribution < -0.4 is 5.73 Å². The van der Waals surface area contributed by atoms with E-state index in [0.29, 0.717) is 12.6 Å². The summed E-state index contributed by atoms with van der Waals surface area (Å²) in [5.74, 6) is 1.66. The molecule has 0 aromatic heterocycles. The molecule has 0 aromatic rings. The van der Waals surface area contributed by atoms with Crippen LogP contribution in [0.3, 0.4) is 0 Å². The largest absolute Gasteiger partial charge is 0.369 e. The topological polar surface area (TPSA) is 46.3 Å². The van der Waals surface area contributed by atoms with Gasteiger partial charge in [-0.3, -0.25) is 9.69 Å². The molecule has 0 heterocycles. The molecule has 22 heavy (non-hydrogen) atoms. The van der Waals surface area contributed by atoms with E-state index in [9.17, 15) is 4.79 Å². The van der Waals surface area contributed by atoms with Crippen LogP contribution in [0.1, 0.15) is 71.6 Å². The van der Waals surface area contributed by atoms with Gasteiger partial charge in [-0.2, -0.15) is 0 Å². The van der Waals surface area contributed by atoms with E-state index in [4.69, 9.17) is 5.73 Å². The van der Waals surface area contributed by atoms with E-state index >= 15 is 0 Å². The lowest BCUT2D eigenvalue weighted by Crippen LogP contribution is -2.39. The van der Waals surface area contributed by atoms with Crippen LogP contribution in [0.5, 0.6) is 0 Å². The van der Waals surface area contributed by atoms with Crippen LogP contribution in [-0.2, 0) is 4.79 Å². The normalized spacial score (nSPS) is 22.5. The predicted octanol–water partition coefficient (Wildman–Crippen LogP) is 4.13. The second-order valence-electron chi connectivity index (χ2n) is 7.45. The summed E-state index contributed by atoms with van der Waals surface area (Å²) in [6, 6.07) is 0.589. The standard InChI is InChI=1S/C10H18.C9H18N2O/c1-9(2)8-10-6-4-3-5-7-10;1-11(7-9(10)12)8-5-3-2-4-6-8/h3-4,9-10H,5-8H2,1-2H3;8H,2-7H2,1H3,(H2,10,12). The fourth-order valence-electron chi connectivity index (χ4n) is 3.63. The summed E-state index contributed by atoms with van der Waals surface area (Å²) in [5, 5.41) is 0. The van der Waals surface area contributed by atoms with Gasteiger partial charge < -0.3 is 5.73 Å². The molecular formula is C19H36N2O. The van der Waals surface area contributed by atoms with Crippen molar-refractivity contribution in [2.75, 3.05) is 13.6 Å². The Hall–Kier alpha value is -0.830. The van der Waals surface area contributed by atoms with Gasteiger partial charge in [-0.25, -0.2) is 0 Å². The van der Waals surface area contributed by atoms with Crippen LogP contribution in [0.2, 0.25) is 0 Å². The molecule has 0 bridgehead atoms. The zero-order valence-corrected chi connectivity index (χ0v) is 14.9. The molecular weight excluding hydrogens is 272 g/mol. The maximum absolute atomic E-state index is 10.6. The molecule has 1 amide bonds. The molecule has 0 aromatic carbocycles. The van der Waals surface area contributed by atoms with Crippen molar-refractivity contribution in [3.8, 4) is 0 Å². The number of allylic oxidation sites excluding steroid dienone is 2. The van der Waals surface area contributed by atoms with Crippen LogP contribution in [0.4, 0.5) is 0 Å². The molecule has 3 nitrogen and oxygen atoms in total. The lowest BCUT2D eigenvalue weighted by atomic mass is 9.87. The maximum Gasteiger partial charge on any atom is 0.231 e. The van der Waals surface area contributed by atoms with Crippen LogP contribution in [0, 0.1) is 11.8 Å². The number of carbonyl (C=O) groups is 1. The molecule has 1 atom stereocenters. The first-order valence-electron chi connectivity index (χ1n) is 9.12. The van der Waals surface area contributed by atoms with Gasteiger partial charge in [0.05, 0.1) is 6.54 Å². The van der Waals surface area contributed by atoms with Crippen LogP contribution in [-0.4, -0.2) is 30.4 Å². The fraction of sp³-hybridized carbons (Fsp3) is 0.842. The summed E-state index contributed by atoms with van der Waals surface area (Å²) in [4.78, 5) is 12.7. The van der Waals surface area contributed by atoms with E-state index in [1.54, 1.807) is 0 Å². The quantitative estimate of drug-likeness (QED) is 0.776. The third-order valence-corrected chi connectivity index (χ3v) is 4.79. The number of carbonyl (C=O) groups excluding carboxylic acids is 1. The first kappa shape index (κ1) is 19.2. The molecule has 1 unspecified atom stereocenters. The van der Waals surface area contributed by atoms with Gasteiger partial charge in [0.1, 0.15) is 0 Å². The summed E-state index contributed by atoms with van der Waals surface area (Å²) in [7, 11) is 1.99. The molecule has 0 saturated heterocycles. The van der Waals surface area contributed by atoms with Gasteiger partial charge >= 0.3 is 0 Å². The summed E-state index contributed by atoms with van der Waals surface area (Å²) in [6.07, 6.45) is 16.6. The molecule has 3 heteroatoms. The van der Waals surface area contributed by atoms with E-state index < -0.39 is 0 Å². The second kappa shape index (κ2) is 10.8. The van der Waals surface area contributed by atoms with Crippen molar-refractivity contribution in [3.63, 3.8) is 0 Å². The second-order valence-corrected chi connectivity index (χ2v) is 7.45. The summed E-state index contributed by atoms with van der Waals surface area (Å²) in [6.45, 7) is 5.04. The first-order valence-corrected chi connectivity index (χ1v) is 9.12. The smallest absolute Gasteiger partial charge is 0.231 e. The van der Waals surface area contributed by atoms with Crippen molar-refractivity contribution in [3.05, 3.63) is 12.2 Å². The van der Waals surface area contributed by atoms with E-state index in [2.05, 4.69) is 30.9 Å². The fourth-order valence-corrected chi connectivity index (χ4v) is 3.63. The van der Waals surface area contributed by atoms with Crippen molar-refractivity contribution >= 4 is 5.91 Å². The molecule has 128 valence electrons. The van der Waals surface area contributed by atoms with Gasteiger partial charge in [0, 0.05) is 6.04 Å². The minimum absolute atomic E-state index is 0.219. The molecule has 1 fully saturated rings. The van der Waals surface area contributed by atoms with E-state index in [0.717, 1.165) is 11.8 Å². The Balaban J connectivity index is 0.000000224. The Kier molecular flexibility index (Phi) is 9.45. The molecule has 1 saturated carbocycles. The Labute approximate surface area is 137 Å². The number of hydrogen-bond acceptors (Lipinski definition) is 2. The van der Waals surface area contributed by atoms with Crippen molar-refractivity contribution in [1.29, 1.82) is 0 Å². The summed E-state index contributed by atoms with van der Waals surface area (Å²) in [5.41, 5.74) is 5.12. The van der Waals surface area contributed by atoms with Crippen molar-refractivity contribution in [1.82, 2.24) is 4.90 Å². The van der Waals surface area contributed by atoms with Crippen molar-refractivity contribution in [2.24, 2.45) is 17.6 Å². The lowest BCUT2D eigenvalue weighted by Gasteiger charge is -2.30. The highest BCUT2D eigenvalue weighted by atomic mass is 16.1. The van der Waals surface area contributed by atoms with E-state index in [1.807, 2.05) is 7.05 Å². The summed E-state index contributed by atoms with van der Waals surface area (Å²) < 4.78 is 0. The molecule has 0 spiro atoms. The SMILES string of the molecule is CC(C)CC1CC=CCC1.CN(CC(N)=O)C1CCCCC1. The Morgan fingerprint density at radius 3 is 2.36 bits per heavy atom. The third-order valence-electron chi connectivity index (χ3n) is 4.79. The number of rotatable bonds is 5. The van der Waals surface area contributed by atoms with Crippen LogP contribution in [0.15, 0.2) is 12.2 Å². The number of likely N-dealkylation sites (N-methyl/N-ethyl adjacent to an activating group) is 1. The van der Waals surface area contributed by atoms with Crippen molar-refractivity contribution < 1.29 is 4.79 Å². The third kappa shape index (κ3) is 8.57. The monoisotopic (exact) mass is 308 g/mol. The minimum atomic E-state index is -0.219. The zero-order valence-electron chi connectivity index (χ0n) is 14.9. The molecule has 0 radical (unpaired) electrons. The maximum atomic E-state index is 10.6. The van der Waals surface area contributed by atoms with Gasteiger partial charge in [-0.05, 0) is 57.4 Å². The highest BCUT2D eigenvalue weighted by Crippen LogP contribution is 2.24. The zero-order chi connectivity index (χ0) is 16.4. The highest BCUT2D eigenvalue weighted by Gasteiger charge is 2.18. The molecule has 2 N–H and O–H groups in total. The number of nitrogens with zero attached hydrogens (tertiary/aromatic N) is 1. The number of hydrogen-bond donors (Lipinski definition) is 1. The van der Waals surface area contributed by atoms with E-state index in [-0.39, 0.29) is 5.91 Å². The number of amides is 1.